The van der Waals surface area contributed by atoms with Crippen molar-refractivity contribution in [2.75, 3.05) is 0 Å². The number of allylic oxidation sites excluding steroid dienone is 2. The Labute approximate surface area is 102 Å². The molecule has 0 bridgehead atoms. The Bertz CT molecular complexity index is 503. The summed E-state index contributed by atoms with van der Waals surface area (Å²) in [5.41, 5.74) is -0.671. The largest absolute Gasteiger partial charge is 0.512 e. The molecule has 1 unspecified atom stereocenters. The minimum absolute atomic E-state index is 0.00282. The highest BCUT2D eigenvalue weighted by Crippen LogP contribution is 2.39. The second kappa shape index (κ2) is 4.48. The number of alkyl halides is 3. The van der Waals surface area contributed by atoms with E-state index in [4.69, 9.17) is 0 Å². The molecule has 0 saturated carbocycles. The van der Waals surface area contributed by atoms with E-state index in [1.807, 2.05) is 0 Å². The first kappa shape index (κ1) is 12.7. The highest BCUT2D eigenvalue weighted by molar-refractivity contribution is 5.91. The van der Waals surface area contributed by atoms with Crippen LogP contribution < -0.4 is 0 Å². The normalized spacial score (nSPS) is 20.7. The fourth-order valence-electron chi connectivity index (χ4n) is 2.20. The van der Waals surface area contributed by atoms with E-state index in [-0.39, 0.29) is 29.9 Å². The van der Waals surface area contributed by atoms with Crippen molar-refractivity contribution < 1.29 is 23.1 Å². The number of carbonyl (C=O) groups excluding carboxylic acids is 1. The van der Waals surface area contributed by atoms with Gasteiger partial charge in [-0.15, -0.1) is 0 Å². The number of hydrogen-bond acceptors (Lipinski definition) is 2. The molecule has 2 nitrogen and oxygen atoms in total. The molecule has 1 aromatic carbocycles. The summed E-state index contributed by atoms with van der Waals surface area (Å²) in [7, 11) is 0. The number of halogens is 3. The molecule has 0 heterocycles. The number of ketones is 1. The van der Waals surface area contributed by atoms with Crippen molar-refractivity contribution >= 4 is 5.78 Å². The van der Waals surface area contributed by atoms with Gasteiger partial charge in [0.25, 0.3) is 0 Å². The lowest BCUT2D eigenvalue weighted by Gasteiger charge is -2.23. The molecule has 0 radical (unpaired) electrons. The summed E-state index contributed by atoms with van der Waals surface area (Å²) in [5, 5.41) is 9.36. The van der Waals surface area contributed by atoms with Gasteiger partial charge in [0.05, 0.1) is 11.3 Å². The standard InChI is InChI=1S/C13H11F3O2/c14-13(15,16)12-4-2-1-3-11(12)8-5-9(17)7-10(18)6-8/h1-4,7-8,17H,5-6H2. The van der Waals surface area contributed by atoms with Gasteiger partial charge in [-0.2, -0.15) is 13.2 Å². The van der Waals surface area contributed by atoms with Gasteiger partial charge < -0.3 is 5.11 Å². The molecular formula is C13H11F3O2. The Morgan fingerprint density at radius 1 is 1.17 bits per heavy atom. The number of benzene rings is 1. The molecule has 2 rings (SSSR count). The van der Waals surface area contributed by atoms with Gasteiger partial charge in [-0.1, -0.05) is 18.2 Å². The lowest BCUT2D eigenvalue weighted by atomic mass is 9.84. The van der Waals surface area contributed by atoms with Gasteiger partial charge in [-0.3, -0.25) is 4.79 Å². The van der Waals surface area contributed by atoms with Crippen molar-refractivity contribution in [2.24, 2.45) is 0 Å². The Hall–Kier alpha value is -1.78. The van der Waals surface area contributed by atoms with Crippen molar-refractivity contribution in [3.63, 3.8) is 0 Å². The smallest absolute Gasteiger partial charge is 0.416 e. The molecule has 0 aromatic heterocycles. The third kappa shape index (κ3) is 2.55. The molecule has 0 amide bonds. The van der Waals surface area contributed by atoms with Gasteiger partial charge in [0.15, 0.2) is 5.78 Å². The van der Waals surface area contributed by atoms with Gasteiger partial charge in [0, 0.05) is 18.9 Å². The lowest BCUT2D eigenvalue weighted by molar-refractivity contribution is -0.138. The van der Waals surface area contributed by atoms with Crippen LogP contribution in [0.3, 0.4) is 0 Å². The Balaban J connectivity index is 2.40. The Morgan fingerprint density at radius 3 is 2.44 bits per heavy atom. The van der Waals surface area contributed by atoms with Crippen LogP contribution in [0.4, 0.5) is 13.2 Å². The second-order valence-electron chi connectivity index (χ2n) is 4.29. The number of aliphatic hydroxyl groups is 1. The highest BCUT2D eigenvalue weighted by Gasteiger charge is 2.36. The van der Waals surface area contributed by atoms with Crippen LogP contribution in [0.2, 0.25) is 0 Å². The van der Waals surface area contributed by atoms with Crippen LogP contribution in [-0.2, 0) is 11.0 Å². The van der Waals surface area contributed by atoms with Crippen LogP contribution in [0.5, 0.6) is 0 Å². The van der Waals surface area contributed by atoms with Crippen LogP contribution >= 0.6 is 0 Å². The van der Waals surface area contributed by atoms with E-state index in [2.05, 4.69) is 0 Å². The molecule has 1 aliphatic rings. The lowest BCUT2D eigenvalue weighted by Crippen LogP contribution is -2.17. The summed E-state index contributed by atoms with van der Waals surface area (Å²) in [4.78, 5) is 11.3. The van der Waals surface area contributed by atoms with E-state index in [0.717, 1.165) is 12.1 Å². The molecule has 1 aromatic rings. The first-order chi connectivity index (χ1) is 8.38. The van der Waals surface area contributed by atoms with Crippen molar-refractivity contribution in [1.82, 2.24) is 0 Å². The number of hydrogen-bond donors (Lipinski definition) is 1. The van der Waals surface area contributed by atoms with E-state index < -0.39 is 17.7 Å². The fraction of sp³-hybridized carbons (Fsp3) is 0.308. The zero-order valence-corrected chi connectivity index (χ0v) is 9.37. The van der Waals surface area contributed by atoms with Crippen LogP contribution in [0.25, 0.3) is 0 Å². The van der Waals surface area contributed by atoms with Crippen LogP contribution in [0.1, 0.15) is 29.9 Å². The van der Waals surface area contributed by atoms with E-state index in [9.17, 15) is 23.1 Å². The van der Waals surface area contributed by atoms with E-state index >= 15 is 0 Å². The highest BCUT2D eigenvalue weighted by atomic mass is 19.4. The van der Waals surface area contributed by atoms with Gasteiger partial charge in [-0.25, -0.2) is 0 Å². The first-order valence-electron chi connectivity index (χ1n) is 5.46. The SMILES string of the molecule is O=C1C=C(O)CC(c2ccccc2C(F)(F)F)C1. The van der Waals surface area contributed by atoms with E-state index in [1.54, 1.807) is 0 Å². The summed E-state index contributed by atoms with van der Waals surface area (Å²) in [5.74, 6) is -1.12. The van der Waals surface area contributed by atoms with Crippen LogP contribution in [-0.4, -0.2) is 10.9 Å². The van der Waals surface area contributed by atoms with Gasteiger partial charge >= 0.3 is 6.18 Å². The van der Waals surface area contributed by atoms with Gasteiger partial charge in [-0.05, 0) is 17.5 Å². The van der Waals surface area contributed by atoms with Gasteiger partial charge in [0.2, 0.25) is 0 Å². The molecule has 5 heteroatoms. The van der Waals surface area contributed by atoms with Crippen LogP contribution in [0, 0.1) is 0 Å². The molecule has 1 atom stereocenters. The summed E-state index contributed by atoms with van der Waals surface area (Å²) < 4.78 is 38.5. The molecule has 0 fully saturated rings. The predicted octanol–water partition coefficient (Wildman–Crippen LogP) is 3.59. The molecule has 0 spiro atoms. The summed E-state index contributed by atoms with van der Waals surface area (Å²) in [6.07, 6.45) is -3.31. The van der Waals surface area contributed by atoms with Crippen molar-refractivity contribution in [3.8, 4) is 0 Å². The summed E-state index contributed by atoms with van der Waals surface area (Å²) in [6.45, 7) is 0. The first-order valence-corrected chi connectivity index (χ1v) is 5.46. The third-order valence-corrected chi connectivity index (χ3v) is 2.94. The quantitative estimate of drug-likeness (QED) is 0.833. The predicted molar refractivity (Wildman–Crippen MR) is 59.1 cm³/mol. The second-order valence-corrected chi connectivity index (χ2v) is 4.29. The monoisotopic (exact) mass is 256 g/mol. The maximum atomic E-state index is 12.8. The van der Waals surface area contributed by atoms with Crippen LogP contribution in [0.15, 0.2) is 36.1 Å². The fourth-order valence-corrected chi connectivity index (χ4v) is 2.20. The zero-order chi connectivity index (χ0) is 13.3. The zero-order valence-electron chi connectivity index (χ0n) is 9.37. The molecular weight excluding hydrogens is 245 g/mol. The summed E-state index contributed by atoms with van der Waals surface area (Å²) >= 11 is 0. The molecule has 1 N–H and O–H groups in total. The topological polar surface area (TPSA) is 37.3 Å². The Kier molecular flexibility index (Phi) is 3.15. The Morgan fingerprint density at radius 2 is 1.83 bits per heavy atom. The minimum atomic E-state index is -4.45. The summed E-state index contributed by atoms with van der Waals surface area (Å²) in [6, 6.07) is 5.17. The van der Waals surface area contributed by atoms with E-state index in [0.29, 0.717) is 0 Å². The number of rotatable bonds is 1. The minimum Gasteiger partial charge on any atom is -0.512 e. The van der Waals surface area contributed by atoms with Crippen molar-refractivity contribution in [1.29, 1.82) is 0 Å². The molecule has 1 aliphatic carbocycles. The maximum Gasteiger partial charge on any atom is 0.416 e. The molecule has 0 aliphatic heterocycles. The van der Waals surface area contributed by atoms with Crippen molar-refractivity contribution in [2.45, 2.75) is 24.9 Å². The van der Waals surface area contributed by atoms with Gasteiger partial charge in [0.1, 0.15) is 0 Å². The average molecular weight is 256 g/mol. The maximum absolute atomic E-state index is 12.8. The molecule has 18 heavy (non-hydrogen) atoms. The third-order valence-electron chi connectivity index (χ3n) is 2.94. The number of aliphatic hydroxyl groups excluding tert-OH is 1. The average Bonchev–Trinajstić information content (AvgIpc) is 2.26. The van der Waals surface area contributed by atoms with E-state index in [1.165, 1.54) is 18.2 Å². The molecule has 96 valence electrons. The molecule has 0 saturated heterocycles. The number of carbonyl (C=O) groups is 1. The van der Waals surface area contributed by atoms with Crippen molar-refractivity contribution in [3.05, 3.63) is 47.2 Å².